The first-order valence-electron chi connectivity index (χ1n) is 3.52. The number of ether oxygens (including phenoxy) is 1. The van der Waals surface area contributed by atoms with Crippen molar-refractivity contribution in [2.75, 3.05) is 13.2 Å². The second kappa shape index (κ2) is 3.25. The molecule has 1 aliphatic heterocycles. The van der Waals surface area contributed by atoms with Crippen LogP contribution in [0.3, 0.4) is 0 Å². The molecule has 6 heteroatoms. The normalized spacial score (nSPS) is 49.2. The lowest BCUT2D eigenvalue weighted by Gasteiger charge is -2.40. The van der Waals surface area contributed by atoms with Crippen LogP contribution in [0.15, 0.2) is 0 Å². The zero-order valence-electron chi connectivity index (χ0n) is 6.29. The highest BCUT2D eigenvalue weighted by Crippen LogP contribution is 2.22. The van der Waals surface area contributed by atoms with E-state index in [4.69, 9.17) is 20.4 Å². The summed E-state index contributed by atoms with van der Waals surface area (Å²) in [6.45, 7) is -1.16. The highest BCUT2D eigenvalue weighted by Gasteiger charge is 2.47. The van der Waals surface area contributed by atoms with E-state index in [9.17, 15) is 5.11 Å². The molecule has 6 nitrogen and oxygen atoms in total. The zero-order valence-corrected chi connectivity index (χ0v) is 6.29. The molecule has 0 amide bonds. The van der Waals surface area contributed by atoms with Crippen LogP contribution in [0.1, 0.15) is 0 Å². The number of aliphatic hydroxyl groups excluding tert-OH is 4. The van der Waals surface area contributed by atoms with Crippen molar-refractivity contribution in [3.05, 3.63) is 0 Å². The molecule has 0 bridgehead atoms. The first-order chi connectivity index (χ1) is 5.51. The van der Waals surface area contributed by atoms with Crippen molar-refractivity contribution in [2.45, 2.75) is 24.1 Å². The fraction of sp³-hybridized carbons (Fsp3) is 1.00. The van der Waals surface area contributed by atoms with Gasteiger partial charge in [-0.2, -0.15) is 0 Å². The molecule has 1 fully saturated rings. The molecule has 1 rings (SSSR count). The largest absolute Gasteiger partial charge is 0.391 e. The first kappa shape index (κ1) is 9.85. The van der Waals surface area contributed by atoms with Gasteiger partial charge in [0.05, 0.1) is 13.2 Å². The van der Waals surface area contributed by atoms with Crippen LogP contribution in [0.2, 0.25) is 0 Å². The van der Waals surface area contributed by atoms with Gasteiger partial charge in [-0.3, -0.25) is 0 Å². The van der Waals surface area contributed by atoms with Gasteiger partial charge in [0.1, 0.15) is 18.3 Å². The Hall–Kier alpha value is -0.240. The fourth-order valence-corrected chi connectivity index (χ4v) is 1.03. The lowest BCUT2D eigenvalue weighted by atomic mass is 9.98. The molecular weight excluding hydrogens is 168 g/mol. The van der Waals surface area contributed by atoms with Crippen LogP contribution < -0.4 is 0 Å². The zero-order chi connectivity index (χ0) is 9.35. The second-order valence-electron chi connectivity index (χ2n) is 2.82. The summed E-state index contributed by atoms with van der Waals surface area (Å²) in [4.78, 5) is 0. The summed E-state index contributed by atoms with van der Waals surface area (Å²) in [7, 11) is 0. The van der Waals surface area contributed by atoms with E-state index in [1.54, 1.807) is 0 Å². The molecule has 1 aliphatic rings. The summed E-state index contributed by atoms with van der Waals surface area (Å²) >= 11 is 0. The van der Waals surface area contributed by atoms with Crippen LogP contribution in [-0.4, -0.2) is 62.8 Å². The molecular formula is C6H12O6. The molecule has 0 saturated carbocycles. The van der Waals surface area contributed by atoms with E-state index in [1.807, 2.05) is 0 Å². The van der Waals surface area contributed by atoms with Crippen molar-refractivity contribution in [1.82, 2.24) is 0 Å². The van der Waals surface area contributed by atoms with Gasteiger partial charge in [-0.05, 0) is 0 Å². The molecule has 0 radical (unpaired) electrons. The molecule has 4 atom stereocenters. The van der Waals surface area contributed by atoms with Crippen LogP contribution in [0, 0.1) is 0 Å². The molecule has 0 aromatic heterocycles. The summed E-state index contributed by atoms with van der Waals surface area (Å²) in [5, 5.41) is 45.0. The van der Waals surface area contributed by atoms with Crippen molar-refractivity contribution in [2.24, 2.45) is 0 Å². The van der Waals surface area contributed by atoms with Crippen molar-refractivity contribution in [3.63, 3.8) is 0 Å². The Kier molecular flexibility index (Phi) is 2.67. The van der Waals surface area contributed by atoms with Gasteiger partial charge in [0.2, 0.25) is 5.79 Å². The third kappa shape index (κ3) is 1.45. The smallest absolute Gasteiger partial charge is 0.218 e. The molecule has 0 spiro atoms. The number of hydrogen-bond acceptors (Lipinski definition) is 6. The monoisotopic (exact) mass is 180 g/mol. The predicted octanol–water partition coefficient (Wildman–Crippen LogP) is -3.22. The van der Waals surface area contributed by atoms with Gasteiger partial charge >= 0.3 is 0 Å². The maximum atomic E-state index is 9.24. The van der Waals surface area contributed by atoms with Crippen LogP contribution in [0.25, 0.3) is 0 Å². The minimum absolute atomic E-state index is 0.324. The summed E-state index contributed by atoms with van der Waals surface area (Å²) in [5.41, 5.74) is 0. The van der Waals surface area contributed by atoms with Gasteiger partial charge in [0.25, 0.3) is 0 Å². The van der Waals surface area contributed by atoms with Gasteiger partial charge < -0.3 is 30.3 Å². The molecule has 5 N–H and O–H groups in total. The summed E-state index contributed by atoms with van der Waals surface area (Å²) < 4.78 is 4.56. The van der Waals surface area contributed by atoms with Gasteiger partial charge in [-0.25, -0.2) is 0 Å². The standard InChI is InChI=1S/C6H12O6/c7-2-6(11)5(10)4(9)3(8)1-12-6/h3-5,7-11H,1-2H2/t3-,4?,5-,6+/m1/s1. The summed E-state index contributed by atoms with van der Waals surface area (Å²) in [5.74, 6) is -2.17. The predicted molar refractivity (Wildman–Crippen MR) is 36.0 cm³/mol. The highest BCUT2D eigenvalue weighted by atomic mass is 16.7. The number of rotatable bonds is 1. The molecule has 1 heterocycles. The van der Waals surface area contributed by atoms with Gasteiger partial charge in [-0.15, -0.1) is 0 Å². The Bertz CT molecular complexity index is 162. The third-order valence-corrected chi connectivity index (χ3v) is 1.91. The average Bonchev–Trinajstić information content (AvgIpc) is 2.09. The van der Waals surface area contributed by atoms with Crippen LogP contribution >= 0.6 is 0 Å². The fourth-order valence-electron chi connectivity index (χ4n) is 1.03. The number of hydrogen-bond donors (Lipinski definition) is 5. The van der Waals surface area contributed by atoms with E-state index in [2.05, 4.69) is 4.74 Å². The first-order valence-corrected chi connectivity index (χ1v) is 3.52. The summed E-state index contributed by atoms with van der Waals surface area (Å²) in [6.07, 6.45) is -4.45. The van der Waals surface area contributed by atoms with Gasteiger partial charge in [-0.1, -0.05) is 0 Å². The third-order valence-electron chi connectivity index (χ3n) is 1.91. The molecule has 1 saturated heterocycles. The van der Waals surface area contributed by atoms with E-state index in [0.29, 0.717) is 0 Å². The van der Waals surface area contributed by atoms with Crippen LogP contribution in [-0.2, 0) is 4.74 Å². The van der Waals surface area contributed by atoms with Crippen molar-refractivity contribution >= 4 is 0 Å². The van der Waals surface area contributed by atoms with Crippen molar-refractivity contribution < 1.29 is 30.3 Å². The molecule has 0 aromatic carbocycles. The maximum Gasteiger partial charge on any atom is 0.218 e. The molecule has 1 unspecified atom stereocenters. The topological polar surface area (TPSA) is 110 Å². The van der Waals surface area contributed by atoms with Crippen molar-refractivity contribution in [1.29, 1.82) is 0 Å². The average molecular weight is 180 g/mol. The Morgan fingerprint density at radius 1 is 1.33 bits per heavy atom. The molecule has 72 valence electrons. The molecule has 0 aliphatic carbocycles. The second-order valence-corrected chi connectivity index (χ2v) is 2.82. The van der Waals surface area contributed by atoms with Gasteiger partial charge in [0, 0.05) is 0 Å². The minimum Gasteiger partial charge on any atom is -0.391 e. The van der Waals surface area contributed by atoms with E-state index in [0.717, 1.165) is 0 Å². The lowest BCUT2D eigenvalue weighted by Crippen LogP contribution is -2.62. The van der Waals surface area contributed by atoms with Gasteiger partial charge in [0.15, 0.2) is 0 Å². The Balaban J connectivity index is 2.71. The number of aliphatic hydroxyl groups is 5. The molecule has 12 heavy (non-hydrogen) atoms. The quantitative estimate of drug-likeness (QED) is 0.290. The van der Waals surface area contributed by atoms with E-state index in [-0.39, 0.29) is 6.61 Å². The van der Waals surface area contributed by atoms with Crippen molar-refractivity contribution in [3.8, 4) is 0 Å². The van der Waals surface area contributed by atoms with E-state index >= 15 is 0 Å². The Morgan fingerprint density at radius 2 is 1.92 bits per heavy atom. The van der Waals surface area contributed by atoms with E-state index in [1.165, 1.54) is 0 Å². The summed E-state index contributed by atoms with van der Waals surface area (Å²) in [6, 6.07) is 0. The minimum atomic E-state index is -2.17. The Morgan fingerprint density at radius 3 is 2.42 bits per heavy atom. The maximum absolute atomic E-state index is 9.24. The Labute approximate surface area is 68.6 Å². The van der Waals surface area contributed by atoms with E-state index < -0.39 is 30.7 Å². The van der Waals surface area contributed by atoms with Crippen LogP contribution in [0.4, 0.5) is 0 Å². The van der Waals surface area contributed by atoms with Crippen LogP contribution in [0.5, 0.6) is 0 Å². The highest BCUT2D eigenvalue weighted by molar-refractivity contribution is 4.90. The SMILES string of the molecule is OC[C@]1(O)OC[C@@H](O)C(O)[C@H]1O. The lowest BCUT2D eigenvalue weighted by molar-refractivity contribution is -0.331. The molecule has 0 aromatic rings.